The van der Waals surface area contributed by atoms with Crippen molar-refractivity contribution in [3.63, 3.8) is 0 Å². The first kappa shape index (κ1) is 24.4. The summed E-state index contributed by atoms with van der Waals surface area (Å²) in [6.07, 6.45) is 1.53. The van der Waals surface area contributed by atoms with Gasteiger partial charge in [-0.3, -0.25) is 14.4 Å². The number of carbonyl (C=O) groups excluding carboxylic acids is 1. The lowest BCUT2D eigenvalue weighted by atomic mass is 10.3. The Balaban J connectivity index is 1.54. The van der Waals surface area contributed by atoms with E-state index in [1.165, 1.54) is 28.7 Å². The van der Waals surface area contributed by atoms with Crippen molar-refractivity contribution >= 4 is 33.2 Å². The smallest absolute Gasteiger partial charge is 0.387 e. The average Bonchev–Trinajstić information content (AvgIpc) is 3.12. The maximum atomic E-state index is 12.9. The van der Waals surface area contributed by atoms with Crippen molar-refractivity contribution in [1.82, 2.24) is 19.0 Å². The van der Waals surface area contributed by atoms with E-state index in [1.807, 2.05) is 11.8 Å². The molecule has 1 amide bonds. The van der Waals surface area contributed by atoms with Gasteiger partial charge in [0.25, 0.3) is 0 Å². The fourth-order valence-corrected chi connectivity index (χ4v) is 5.17. The first-order valence-corrected chi connectivity index (χ1v) is 11.7. The number of nitrogens with one attached hydrogen (secondary N) is 1. The topological polar surface area (TPSA) is 96.8 Å². The zero-order valence-electron chi connectivity index (χ0n) is 17.6. The molecule has 0 atom stereocenters. The summed E-state index contributed by atoms with van der Waals surface area (Å²) >= 11 is 5.89. The van der Waals surface area contributed by atoms with Crippen molar-refractivity contribution < 1.29 is 26.7 Å². The molecule has 1 aromatic heterocycles. The van der Waals surface area contributed by atoms with Gasteiger partial charge in [0.1, 0.15) is 10.6 Å². The van der Waals surface area contributed by atoms with E-state index in [1.54, 1.807) is 11.6 Å². The Hall–Kier alpha value is -2.28. The van der Waals surface area contributed by atoms with Crippen molar-refractivity contribution in [3.05, 3.63) is 35.1 Å². The second kappa shape index (κ2) is 10.1. The van der Waals surface area contributed by atoms with Crippen LogP contribution < -0.4 is 10.1 Å². The van der Waals surface area contributed by atoms with Gasteiger partial charge in [0.2, 0.25) is 15.9 Å². The van der Waals surface area contributed by atoms with Gasteiger partial charge in [-0.1, -0.05) is 11.6 Å². The molecule has 0 spiro atoms. The van der Waals surface area contributed by atoms with Crippen LogP contribution in [0.2, 0.25) is 5.02 Å². The number of nitrogens with zero attached hydrogens (tertiary/aromatic N) is 4. The monoisotopic (exact) mass is 491 g/mol. The van der Waals surface area contributed by atoms with Gasteiger partial charge in [0, 0.05) is 44.6 Å². The van der Waals surface area contributed by atoms with E-state index >= 15 is 0 Å². The molecule has 1 aliphatic heterocycles. The van der Waals surface area contributed by atoms with Crippen LogP contribution in [0, 0.1) is 6.92 Å². The Labute approximate surface area is 189 Å². The Morgan fingerprint density at radius 3 is 2.53 bits per heavy atom. The van der Waals surface area contributed by atoms with Crippen LogP contribution in [0.4, 0.5) is 14.5 Å². The van der Waals surface area contributed by atoms with Gasteiger partial charge in [-0.2, -0.15) is 18.2 Å². The first-order chi connectivity index (χ1) is 15.1. The fourth-order valence-electron chi connectivity index (χ4n) is 3.36. The lowest BCUT2D eigenvalue weighted by molar-refractivity contribution is -0.117. The summed E-state index contributed by atoms with van der Waals surface area (Å²) in [4.78, 5) is 14.4. The van der Waals surface area contributed by atoms with E-state index in [0.29, 0.717) is 31.0 Å². The molecule has 1 aliphatic rings. The molecule has 1 aromatic carbocycles. The molecule has 0 saturated carbocycles. The zero-order chi connectivity index (χ0) is 23.5. The number of sulfonamides is 1. The standard InChI is InChI=1S/C19H24ClF2N5O4S/c1-3-26-11-17(13(2)24-26)32(29,30)27-8-6-25(7-9-27)12-18(28)23-14-4-5-16(15(20)10-14)31-19(21)22/h4-5,10-11,19H,3,6-9,12H2,1-2H3,(H,23,28). The van der Waals surface area contributed by atoms with E-state index in [-0.39, 0.29) is 41.2 Å². The normalized spacial score (nSPS) is 15.8. The molecular formula is C19H24ClF2N5O4S. The number of benzene rings is 1. The molecule has 9 nitrogen and oxygen atoms in total. The van der Waals surface area contributed by atoms with Crippen molar-refractivity contribution in [2.24, 2.45) is 0 Å². The van der Waals surface area contributed by atoms with Crippen LogP contribution in [-0.4, -0.2) is 72.6 Å². The van der Waals surface area contributed by atoms with Gasteiger partial charge < -0.3 is 10.1 Å². The minimum atomic E-state index is -3.66. The van der Waals surface area contributed by atoms with Crippen LogP contribution >= 0.6 is 11.6 Å². The second-order valence-corrected chi connectivity index (χ2v) is 9.50. The number of halogens is 3. The molecule has 2 heterocycles. The molecule has 32 heavy (non-hydrogen) atoms. The number of piperazine rings is 1. The third kappa shape index (κ3) is 5.74. The molecule has 0 bridgehead atoms. The lowest BCUT2D eigenvalue weighted by Gasteiger charge is -2.33. The number of anilines is 1. The Bertz CT molecular complexity index is 1070. The largest absolute Gasteiger partial charge is 0.433 e. The molecular weight excluding hydrogens is 468 g/mol. The minimum Gasteiger partial charge on any atom is -0.433 e. The summed E-state index contributed by atoms with van der Waals surface area (Å²) in [7, 11) is -3.66. The number of rotatable bonds is 8. The predicted molar refractivity (Wildman–Crippen MR) is 115 cm³/mol. The van der Waals surface area contributed by atoms with E-state index in [2.05, 4.69) is 15.2 Å². The molecule has 0 aliphatic carbocycles. The summed E-state index contributed by atoms with van der Waals surface area (Å²) in [6.45, 7) is 2.44. The van der Waals surface area contributed by atoms with Crippen molar-refractivity contribution in [2.75, 3.05) is 38.0 Å². The molecule has 0 unspecified atom stereocenters. The van der Waals surface area contributed by atoms with Crippen LogP contribution in [0.5, 0.6) is 5.75 Å². The maximum absolute atomic E-state index is 12.9. The number of aryl methyl sites for hydroxylation is 2. The highest BCUT2D eigenvalue weighted by Crippen LogP contribution is 2.29. The number of hydrogen-bond acceptors (Lipinski definition) is 6. The first-order valence-electron chi connectivity index (χ1n) is 9.91. The minimum absolute atomic E-state index is 0.0492. The molecule has 13 heteroatoms. The Morgan fingerprint density at radius 1 is 1.28 bits per heavy atom. The quantitative estimate of drug-likeness (QED) is 0.609. The summed E-state index contributed by atoms with van der Waals surface area (Å²) in [5.74, 6) is -0.517. The van der Waals surface area contributed by atoms with Gasteiger partial charge in [0.15, 0.2) is 0 Å². The number of carbonyl (C=O) groups is 1. The summed E-state index contributed by atoms with van der Waals surface area (Å²) in [6, 6.07) is 3.97. The van der Waals surface area contributed by atoms with Crippen molar-refractivity contribution in [2.45, 2.75) is 31.9 Å². The third-order valence-corrected chi connectivity index (χ3v) is 7.27. The summed E-state index contributed by atoms with van der Waals surface area (Å²) in [5, 5.41) is 6.79. The highest BCUT2D eigenvalue weighted by Gasteiger charge is 2.31. The van der Waals surface area contributed by atoms with Crippen molar-refractivity contribution in [1.29, 1.82) is 0 Å². The lowest BCUT2D eigenvalue weighted by Crippen LogP contribution is -2.50. The highest BCUT2D eigenvalue weighted by molar-refractivity contribution is 7.89. The fraction of sp³-hybridized carbons (Fsp3) is 0.474. The number of hydrogen-bond donors (Lipinski definition) is 1. The SMILES string of the molecule is CCn1cc(S(=O)(=O)N2CCN(CC(=O)Nc3ccc(OC(F)F)c(Cl)c3)CC2)c(C)n1. The van der Waals surface area contributed by atoms with Crippen LogP contribution in [0.3, 0.4) is 0 Å². The van der Waals surface area contributed by atoms with Crippen LogP contribution in [0.1, 0.15) is 12.6 Å². The summed E-state index contributed by atoms with van der Waals surface area (Å²) in [5.41, 5.74) is 0.795. The number of ether oxygens (including phenoxy) is 1. The number of amides is 1. The second-order valence-electron chi connectivity index (χ2n) is 7.19. The van der Waals surface area contributed by atoms with Crippen LogP contribution in [0.25, 0.3) is 0 Å². The van der Waals surface area contributed by atoms with E-state index in [9.17, 15) is 22.0 Å². The molecule has 176 valence electrons. The van der Waals surface area contributed by atoms with Crippen LogP contribution in [0.15, 0.2) is 29.3 Å². The molecule has 0 radical (unpaired) electrons. The molecule has 1 saturated heterocycles. The van der Waals surface area contributed by atoms with Gasteiger partial charge in [0.05, 0.1) is 17.3 Å². The molecule has 1 N–H and O–H groups in total. The highest BCUT2D eigenvalue weighted by atomic mass is 35.5. The van der Waals surface area contributed by atoms with E-state index < -0.39 is 16.6 Å². The van der Waals surface area contributed by atoms with Gasteiger partial charge in [-0.25, -0.2) is 8.42 Å². The van der Waals surface area contributed by atoms with E-state index in [0.717, 1.165) is 0 Å². The van der Waals surface area contributed by atoms with Gasteiger partial charge in [-0.05, 0) is 32.0 Å². The zero-order valence-corrected chi connectivity index (χ0v) is 19.2. The molecule has 3 rings (SSSR count). The maximum Gasteiger partial charge on any atom is 0.387 e. The Morgan fingerprint density at radius 2 is 1.97 bits per heavy atom. The van der Waals surface area contributed by atoms with Gasteiger partial charge in [-0.15, -0.1) is 0 Å². The Kier molecular flexibility index (Phi) is 7.70. The third-order valence-electron chi connectivity index (χ3n) is 4.97. The van der Waals surface area contributed by atoms with Crippen molar-refractivity contribution in [3.8, 4) is 5.75 Å². The molecule has 2 aromatic rings. The molecule has 1 fully saturated rings. The number of aromatic nitrogens is 2. The summed E-state index contributed by atoms with van der Waals surface area (Å²) < 4.78 is 57.7. The van der Waals surface area contributed by atoms with Gasteiger partial charge >= 0.3 is 6.61 Å². The average molecular weight is 492 g/mol. The predicted octanol–water partition coefficient (Wildman–Crippen LogP) is 2.41. The van der Waals surface area contributed by atoms with Crippen LogP contribution in [-0.2, 0) is 21.4 Å². The number of alkyl halides is 2. The van der Waals surface area contributed by atoms with E-state index in [4.69, 9.17) is 11.6 Å².